The second-order valence-corrected chi connectivity index (χ2v) is 12.6. The number of allylic oxidation sites excluding steroid dienone is 7. The van der Waals surface area contributed by atoms with Crippen molar-refractivity contribution in [1.29, 1.82) is 0 Å². The highest BCUT2D eigenvalue weighted by Gasteiger charge is 2.21. The standard InChI is InChI=1S/C35H49NO2.C2H6.3H2/c1-6-26-10-12-28(13-11-26)21-27-8-7-9-31(19-18-27)34(38)23-30-16-14-29(15-17-30)22-33(37)24-32(36)20-25(2)35(3,4)5;1-2;;;/h8-9,14-20,26,28,32H,6-7,10-13,21-24,36H2,1-5H3;1-2H3;3*1H/b25-20+;;;;. The first-order valence-corrected chi connectivity index (χ1v) is 15.7. The van der Waals surface area contributed by atoms with E-state index in [0.717, 1.165) is 41.4 Å². The molecular weight excluding hydrogens is 490 g/mol. The van der Waals surface area contributed by atoms with Gasteiger partial charge in [-0.3, -0.25) is 9.59 Å². The zero-order valence-corrected chi connectivity index (χ0v) is 26.4. The summed E-state index contributed by atoms with van der Waals surface area (Å²) in [6.07, 6.45) is 20.3. The van der Waals surface area contributed by atoms with Gasteiger partial charge in [-0.05, 0) is 61.0 Å². The molecule has 1 fully saturated rings. The number of nitrogens with two attached hydrogens (primary N) is 1. The van der Waals surface area contributed by atoms with Gasteiger partial charge in [0.25, 0.3) is 0 Å². The lowest BCUT2D eigenvalue weighted by atomic mass is 9.78. The third-order valence-corrected chi connectivity index (χ3v) is 8.48. The molecule has 0 saturated heterocycles. The van der Waals surface area contributed by atoms with Crippen molar-refractivity contribution >= 4 is 11.6 Å². The average molecular weight is 552 g/mol. The van der Waals surface area contributed by atoms with Crippen molar-refractivity contribution in [2.24, 2.45) is 23.0 Å². The molecule has 0 bridgehead atoms. The summed E-state index contributed by atoms with van der Waals surface area (Å²) in [6.45, 7) is 14.8. The minimum absolute atomic E-state index is 0. The van der Waals surface area contributed by atoms with Crippen molar-refractivity contribution in [2.75, 3.05) is 0 Å². The third kappa shape index (κ3) is 11.5. The molecule has 1 aromatic rings. The normalized spacial score (nSPS) is 20.4. The summed E-state index contributed by atoms with van der Waals surface area (Å²) >= 11 is 0. The minimum atomic E-state index is -0.259. The van der Waals surface area contributed by atoms with E-state index in [1.807, 2.05) is 50.3 Å². The van der Waals surface area contributed by atoms with Crippen LogP contribution in [0, 0.1) is 17.3 Å². The van der Waals surface area contributed by atoms with Crippen LogP contribution < -0.4 is 5.73 Å². The molecule has 1 unspecified atom stereocenters. The fourth-order valence-corrected chi connectivity index (χ4v) is 5.46. The van der Waals surface area contributed by atoms with E-state index in [1.165, 1.54) is 43.3 Å². The van der Waals surface area contributed by atoms with Gasteiger partial charge in [0.2, 0.25) is 0 Å². The lowest BCUT2D eigenvalue weighted by Gasteiger charge is -2.28. The predicted molar refractivity (Wildman–Crippen MR) is 178 cm³/mol. The van der Waals surface area contributed by atoms with Crippen molar-refractivity contribution in [2.45, 2.75) is 119 Å². The molecule has 0 aliphatic heterocycles. The molecule has 40 heavy (non-hydrogen) atoms. The number of ketones is 2. The van der Waals surface area contributed by atoms with Crippen LogP contribution in [-0.4, -0.2) is 17.6 Å². The van der Waals surface area contributed by atoms with E-state index < -0.39 is 0 Å². The first kappa shape index (κ1) is 33.7. The molecule has 3 rings (SSSR count). The zero-order valence-electron chi connectivity index (χ0n) is 26.4. The summed E-state index contributed by atoms with van der Waals surface area (Å²) < 4.78 is 0. The molecule has 0 heterocycles. The number of carbonyl (C=O) groups excluding carboxylic acids is 2. The third-order valence-electron chi connectivity index (χ3n) is 8.48. The van der Waals surface area contributed by atoms with Gasteiger partial charge in [0.05, 0.1) is 0 Å². The second-order valence-electron chi connectivity index (χ2n) is 12.6. The SMILES string of the molecule is CC.CCC1CCC(CC2=CCC=C(C(=O)Cc3ccc(CC(=O)CC(N)/C=C(\C)C(C)(C)C)cc3)C=C2)CC1.[HH].[HH].[HH]. The average Bonchev–Trinajstić information content (AvgIpc) is 3.16. The van der Waals surface area contributed by atoms with E-state index in [9.17, 15) is 9.59 Å². The van der Waals surface area contributed by atoms with Crippen LogP contribution in [0.4, 0.5) is 0 Å². The maximum absolute atomic E-state index is 13.0. The van der Waals surface area contributed by atoms with E-state index >= 15 is 0 Å². The van der Waals surface area contributed by atoms with Crippen LogP contribution in [0.5, 0.6) is 0 Å². The molecule has 3 nitrogen and oxygen atoms in total. The Labute approximate surface area is 249 Å². The van der Waals surface area contributed by atoms with E-state index in [4.69, 9.17) is 5.73 Å². The van der Waals surface area contributed by atoms with Crippen molar-refractivity contribution in [3.8, 4) is 0 Å². The summed E-state index contributed by atoms with van der Waals surface area (Å²) in [7, 11) is 0. The maximum Gasteiger partial charge on any atom is 0.166 e. The Kier molecular flexibility index (Phi) is 14.0. The van der Waals surface area contributed by atoms with Crippen molar-refractivity contribution < 1.29 is 13.9 Å². The highest BCUT2D eigenvalue weighted by molar-refractivity contribution is 5.99. The highest BCUT2D eigenvalue weighted by Crippen LogP contribution is 2.34. The molecule has 0 radical (unpaired) electrons. The Morgan fingerprint density at radius 1 is 0.950 bits per heavy atom. The smallest absolute Gasteiger partial charge is 0.166 e. The fourth-order valence-electron chi connectivity index (χ4n) is 5.46. The summed E-state index contributed by atoms with van der Waals surface area (Å²) in [4.78, 5) is 25.6. The Morgan fingerprint density at radius 2 is 1.52 bits per heavy atom. The minimum Gasteiger partial charge on any atom is -0.324 e. The van der Waals surface area contributed by atoms with E-state index in [0.29, 0.717) is 19.3 Å². The predicted octanol–water partition coefficient (Wildman–Crippen LogP) is 9.80. The molecule has 1 saturated carbocycles. The van der Waals surface area contributed by atoms with Gasteiger partial charge in [-0.15, -0.1) is 0 Å². The van der Waals surface area contributed by atoms with Gasteiger partial charge >= 0.3 is 0 Å². The topological polar surface area (TPSA) is 60.2 Å². The van der Waals surface area contributed by atoms with Gasteiger partial charge in [-0.25, -0.2) is 0 Å². The molecule has 3 heteroatoms. The maximum atomic E-state index is 13.0. The van der Waals surface area contributed by atoms with Crippen molar-refractivity contribution in [3.05, 3.63) is 82.5 Å². The summed E-state index contributed by atoms with van der Waals surface area (Å²) in [5.74, 6) is 2.00. The van der Waals surface area contributed by atoms with Crippen LogP contribution in [-0.2, 0) is 22.4 Å². The Hall–Kier alpha value is -2.52. The highest BCUT2D eigenvalue weighted by atomic mass is 16.1. The second kappa shape index (κ2) is 16.7. The lowest BCUT2D eigenvalue weighted by Crippen LogP contribution is -2.24. The number of carbonyl (C=O) groups is 2. The number of Topliss-reactive ketones (excluding diaryl/α,β-unsaturated/α-hetero) is 2. The first-order chi connectivity index (χ1) is 19.0. The zero-order chi connectivity index (χ0) is 29.7. The van der Waals surface area contributed by atoms with Gasteiger partial charge in [-0.1, -0.05) is 127 Å². The Balaban J connectivity index is 0. The first-order valence-electron chi connectivity index (χ1n) is 15.7. The van der Waals surface area contributed by atoms with Gasteiger partial charge in [0.1, 0.15) is 5.78 Å². The molecule has 2 aliphatic carbocycles. The van der Waals surface area contributed by atoms with Crippen LogP contribution in [0.25, 0.3) is 0 Å². The fraction of sp³-hybridized carbons (Fsp3) is 0.568. The molecule has 2 aliphatic rings. The van der Waals surface area contributed by atoms with E-state index in [1.54, 1.807) is 0 Å². The molecular formula is C37H61NO2. The van der Waals surface area contributed by atoms with Crippen molar-refractivity contribution in [1.82, 2.24) is 0 Å². The van der Waals surface area contributed by atoms with E-state index in [-0.39, 0.29) is 27.3 Å². The molecule has 0 aromatic heterocycles. The summed E-state index contributed by atoms with van der Waals surface area (Å²) in [5, 5.41) is 0. The molecule has 0 spiro atoms. The van der Waals surface area contributed by atoms with Crippen LogP contribution in [0.2, 0.25) is 0 Å². The van der Waals surface area contributed by atoms with Gasteiger partial charge in [-0.2, -0.15) is 0 Å². The number of benzene rings is 1. The van der Waals surface area contributed by atoms with Crippen LogP contribution in [0.3, 0.4) is 0 Å². The summed E-state index contributed by atoms with van der Waals surface area (Å²) in [5.41, 5.74) is 11.6. The van der Waals surface area contributed by atoms with Crippen LogP contribution in [0.1, 0.15) is 115 Å². The van der Waals surface area contributed by atoms with Gasteiger partial charge < -0.3 is 5.73 Å². The van der Waals surface area contributed by atoms with E-state index in [2.05, 4.69) is 52.8 Å². The summed E-state index contributed by atoms with van der Waals surface area (Å²) in [6, 6.07) is 7.62. The van der Waals surface area contributed by atoms with Gasteiger partial charge in [0, 0.05) is 35.2 Å². The quantitative estimate of drug-likeness (QED) is 0.278. The van der Waals surface area contributed by atoms with Gasteiger partial charge in [0.15, 0.2) is 5.78 Å². The molecule has 1 atom stereocenters. The molecule has 226 valence electrons. The number of rotatable bonds is 11. The molecule has 2 N–H and O–H groups in total. The Bertz CT molecular complexity index is 1090. The Morgan fingerprint density at radius 3 is 2.10 bits per heavy atom. The van der Waals surface area contributed by atoms with Crippen molar-refractivity contribution in [3.63, 3.8) is 0 Å². The number of hydrogen-bond acceptors (Lipinski definition) is 3. The number of hydrogen-bond donors (Lipinski definition) is 1. The largest absolute Gasteiger partial charge is 0.324 e. The lowest BCUT2D eigenvalue weighted by molar-refractivity contribution is -0.118. The van der Waals surface area contributed by atoms with Crippen LogP contribution in [0.15, 0.2) is 71.4 Å². The monoisotopic (exact) mass is 551 g/mol. The van der Waals surface area contributed by atoms with Crippen LogP contribution >= 0.6 is 0 Å². The molecule has 1 aromatic carbocycles. The molecule has 0 amide bonds.